The minimum Gasteiger partial charge on any atom is -0.314 e. The number of halogens is 1. The molecule has 0 bridgehead atoms. The van der Waals surface area contributed by atoms with E-state index in [1.165, 1.54) is 24.8 Å². The number of rotatable bonds is 4. The van der Waals surface area contributed by atoms with Gasteiger partial charge in [0.05, 0.1) is 0 Å². The second kappa shape index (κ2) is 5.00. The summed E-state index contributed by atoms with van der Waals surface area (Å²) in [6.45, 7) is 3.34. The van der Waals surface area contributed by atoms with E-state index in [1.54, 1.807) is 0 Å². The van der Waals surface area contributed by atoms with E-state index in [9.17, 15) is 0 Å². The minimum atomic E-state index is 0.674. The first-order chi connectivity index (χ1) is 7.31. The van der Waals surface area contributed by atoms with E-state index in [1.807, 2.05) is 12.1 Å². The van der Waals surface area contributed by atoms with Gasteiger partial charge in [-0.25, -0.2) is 0 Å². The molecule has 1 aromatic rings. The molecule has 1 aliphatic carbocycles. The summed E-state index contributed by atoms with van der Waals surface area (Å²) in [5.74, 6) is 0.674. The highest BCUT2D eigenvalue weighted by Crippen LogP contribution is 2.39. The summed E-state index contributed by atoms with van der Waals surface area (Å²) < 4.78 is 0. The van der Waals surface area contributed by atoms with Crippen LogP contribution in [0, 0.1) is 0 Å². The van der Waals surface area contributed by atoms with Gasteiger partial charge in [-0.2, -0.15) is 0 Å². The zero-order valence-corrected chi connectivity index (χ0v) is 9.93. The largest absolute Gasteiger partial charge is 0.314 e. The van der Waals surface area contributed by atoms with E-state index in [4.69, 9.17) is 11.6 Å². The summed E-state index contributed by atoms with van der Waals surface area (Å²) in [5, 5.41) is 4.47. The van der Waals surface area contributed by atoms with E-state index in [0.717, 1.165) is 11.6 Å². The molecule has 0 radical (unpaired) electrons. The van der Waals surface area contributed by atoms with Crippen molar-refractivity contribution in [3.63, 3.8) is 0 Å². The predicted molar refractivity (Wildman–Crippen MR) is 65.5 cm³/mol. The summed E-state index contributed by atoms with van der Waals surface area (Å²) in [5.41, 5.74) is 1.33. The van der Waals surface area contributed by atoms with E-state index < -0.39 is 0 Å². The van der Waals surface area contributed by atoms with E-state index in [2.05, 4.69) is 24.4 Å². The van der Waals surface area contributed by atoms with Gasteiger partial charge in [-0.3, -0.25) is 0 Å². The average Bonchev–Trinajstić information content (AvgIpc) is 2.18. The second-order valence-corrected chi connectivity index (χ2v) is 4.75. The van der Waals surface area contributed by atoms with Gasteiger partial charge in [0.2, 0.25) is 0 Å². The molecule has 2 rings (SSSR count). The second-order valence-electron chi connectivity index (χ2n) is 4.34. The molecule has 0 spiro atoms. The smallest absolute Gasteiger partial charge is 0.0440 e. The Bertz CT molecular complexity index is 318. The maximum atomic E-state index is 6.16. The molecule has 0 aliphatic heterocycles. The maximum absolute atomic E-state index is 6.16. The van der Waals surface area contributed by atoms with Crippen molar-refractivity contribution >= 4 is 11.6 Å². The highest BCUT2D eigenvalue weighted by Gasteiger charge is 2.30. The Morgan fingerprint density at radius 1 is 1.33 bits per heavy atom. The van der Waals surface area contributed by atoms with Crippen LogP contribution in [0.2, 0.25) is 5.02 Å². The van der Waals surface area contributed by atoms with Gasteiger partial charge in [-0.15, -0.1) is 0 Å². The summed E-state index contributed by atoms with van der Waals surface area (Å²) in [4.78, 5) is 0. The third kappa shape index (κ3) is 2.53. The van der Waals surface area contributed by atoms with Crippen molar-refractivity contribution in [1.29, 1.82) is 0 Å². The number of benzene rings is 1. The van der Waals surface area contributed by atoms with Crippen LogP contribution < -0.4 is 5.32 Å². The third-order valence-electron chi connectivity index (χ3n) is 3.17. The van der Waals surface area contributed by atoms with Gasteiger partial charge in [-0.1, -0.05) is 36.7 Å². The summed E-state index contributed by atoms with van der Waals surface area (Å²) >= 11 is 6.16. The first-order valence-electron chi connectivity index (χ1n) is 5.79. The Morgan fingerprint density at radius 3 is 2.73 bits per heavy atom. The normalized spacial score (nSPS) is 24.9. The number of hydrogen-bond donors (Lipinski definition) is 1. The van der Waals surface area contributed by atoms with Crippen LogP contribution in [0.5, 0.6) is 0 Å². The molecular weight excluding hydrogens is 206 g/mol. The molecule has 0 aromatic heterocycles. The zero-order chi connectivity index (χ0) is 10.7. The van der Waals surface area contributed by atoms with E-state index in [0.29, 0.717) is 12.0 Å². The Balaban J connectivity index is 1.87. The molecule has 1 fully saturated rings. The van der Waals surface area contributed by atoms with E-state index in [-0.39, 0.29) is 0 Å². The van der Waals surface area contributed by atoms with Crippen molar-refractivity contribution in [3.05, 3.63) is 34.9 Å². The van der Waals surface area contributed by atoms with E-state index >= 15 is 0 Å². The van der Waals surface area contributed by atoms with Crippen LogP contribution >= 0.6 is 11.6 Å². The van der Waals surface area contributed by atoms with Crippen molar-refractivity contribution in [2.75, 3.05) is 6.54 Å². The van der Waals surface area contributed by atoms with Gasteiger partial charge in [0.1, 0.15) is 0 Å². The van der Waals surface area contributed by atoms with Gasteiger partial charge in [0, 0.05) is 11.1 Å². The van der Waals surface area contributed by atoms with Crippen LogP contribution in [0.25, 0.3) is 0 Å². The first kappa shape index (κ1) is 11.0. The first-order valence-corrected chi connectivity index (χ1v) is 6.17. The van der Waals surface area contributed by atoms with Gasteiger partial charge < -0.3 is 5.32 Å². The topological polar surface area (TPSA) is 12.0 Å². The van der Waals surface area contributed by atoms with Gasteiger partial charge in [-0.05, 0) is 43.4 Å². The van der Waals surface area contributed by atoms with Crippen LogP contribution in [0.15, 0.2) is 24.3 Å². The Kier molecular flexibility index (Phi) is 3.66. The van der Waals surface area contributed by atoms with Crippen LogP contribution in [-0.4, -0.2) is 12.6 Å². The predicted octanol–water partition coefficient (Wildman–Crippen LogP) is 3.59. The van der Waals surface area contributed by atoms with Crippen molar-refractivity contribution < 1.29 is 0 Å². The molecule has 0 unspecified atom stereocenters. The van der Waals surface area contributed by atoms with Crippen molar-refractivity contribution in [2.24, 2.45) is 0 Å². The molecular formula is C13H18ClN. The van der Waals surface area contributed by atoms with Crippen LogP contribution in [0.4, 0.5) is 0 Å². The molecule has 0 saturated heterocycles. The van der Waals surface area contributed by atoms with Gasteiger partial charge >= 0.3 is 0 Å². The fraction of sp³-hybridized carbons (Fsp3) is 0.538. The van der Waals surface area contributed by atoms with Crippen LogP contribution in [0.3, 0.4) is 0 Å². The van der Waals surface area contributed by atoms with Crippen LogP contribution in [0.1, 0.15) is 37.7 Å². The standard InChI is InChI=1S/C13H18ClN/c1-2-7-15-11-8-10(9-11)12-5-3-4-6-13(12)14/h3-6,10-11,15H,2,7-9H2,1H3. The molecule has 0 heterocycles. The lowest BCUT2D eigenvalue weighted by atomic mass is 9.76. The molecule has 82 valence electrons. The summed E-state index contributed by atoms with van der Waals surface area (Å²) in [7, 11) is 0. The quantitative estimate of drug-likeness (QED) is 0.823. The lowest BCUT2D eigenvalue weighted by Crippen LogP contribution is -2.40. The lowest BCUT2D eigenvalue weighted by Gasteiger charge is -2.36. The molecule has 1 saturated carbocycles. The van der Waals surface area contributed by atoms with Crippen molar-refractivity contribution in [1.82, 2.24) is 5.32 Å². The highest BCUT2D eigenvalue weighted by atomic mass is 35.5. The Labute approximate surface area is 96.8 Å². The van der Waals surface area contributed by atoms with Crippen molar-refractivity contribution in [3.8, 4) is 0 Å². The Morgan fingerprint density at radius 2 is 2.07 bits per heavy atom. The highest BCUT2D eigenvalue weighted by molar-refractivity contribution is 6.31. The molecule has 1 aromatic carbocycles. The molecule has 1 N–H and O–H groups in total. The monoisotopic (exact) mass is 223 g/mol. The SMILES string of the molecule is CCCNC1CC(c2ccccc2Cl)C1. The third-order valence-corrected chi connectivity index (χ3v) is 3.51. The fourth-order valence-electron chi connectivity index (χ4n) is 2.19. The number of hydrogen-bond acceptors (Lipinski definition) is 1. The minimum absolute atomic E-state index is 0.674. The molecule has 15 heavy (non-hydrogen) atoms. The molecule has 0 atom stereocenters. The van der Waals surface area contributed by atoms with Gasteiger partial charge in [0.15, 0.2) is 0 Å². The fourth-order valence-corrected chi connectivity index (χ4v) is 2.48. The molecule has 0 amide bonds. The number of nitrogens with one attached hydrogen (secondary N) is 1. The summed E-state index contributed by atoms with van der Waals surface area (Å²) in [6.07, 6.45) is 3.70. The maximum Gasteiger partial charge on any atom is 0.0440 e. The van der Waals surface area contributed by atoms with Gasteiger partial charge in [0.25, 0.3) is 0 Å². The van der Waals surface area contributed by atoms with Crippen molar-refractivity contribution in [2.45, 2.75) is 38.1 Å². The average molecular weight is 224 g/mol. The lowest BCUT2D eigenvalue weighted by molar-refractivity contribution is 0.292. The molecule has 1 aliphatic rings. The zero-order valence-electron chi connectivity index (χ0n) is 9.17. The Hall–Kier alpha value is -0.530. The molecule has 1 nitrogen and oxygen atoms in total. The van der Waals surface area contributed by atoms with Crippen LogP contribution in [-0.2, 0) is 0 Å². The summed E-state index contributed by atoms with van der Waals surface area (Å²) in [6, 6.07) is 8.93. The molecule has 2 heteroatoms.